The zero-order valence-electron chi connectivity index (χ0n) is 17.6. The first-order valence-electron chi connectivity index (χ1n) is 10.6. The van der Waals surface area contributed by atoms with Crippen LogP contribution in [0.25, 0.3) is 0 Å². The highest BCUT2D eigenvalue weighted by molar-refractivity contribution is 6.30. The van der Waals surface area contributed by atoms with E-state index in [0.29, 0.717) is 13.2 Å². The lowest BCUT2D eigenvalue weighted by atomic mass is 10.2. The SMILES string of the molecule is CCOc1ccc(NC(=O)NCCCN2CCN(Cc3ccc(Cl)cc3)CC2)cc1. The third kappa shape index (κ3) is 7.52. The third-order valence-electron chi connectivity index (χ3n) is 5.14. The maximum absolute atomic E-state index is 12.0. The average molecular weight is 431 g/mol. The maximum Gasteiger partial charge on any atom is 0.319 e. The van der Waals surface area contributed by atoms with Crippen LogP contribution in [-0.2, 0) is 6.54 Å². The summed E-state index contributed by atoms with van der Waals surface area (Å²) >= 11 is 5.96. The van der Waals surface area contributed by atoms with Gasteiger partial charge in [-0.2, -0.15) is 0 Å². The van der Waals surface area contributed by atoms with E-state index in [-0.39, 0.29) is 6.03 Å². The minimum Gasteiger partial charge on any atom is -0.494 e. The second kappa shape index (κ2) is 11.8. The number of benzene rings is 2. The molecule has 0 aromatic heterocycles. The first kappa shape index (κ1) is 22.4. The van der Waals surface area contributed by atoms with Gasteiger partial charge in [0.15, 0.2) is 0 Å². The molecule has 6 nitrogen and oxygen atoms in total. The molecule has 1 aliphatic heterocycles. The summed E-state index contributed by atoms with van der Waals surface area (Å²) in [6.45, 7) is 9.45. The summed E-state index contributed by atoms with van der Waals surface area (Å²) in [7, 11) is 0. The van der Waals surface area contributed by atoms with Crippen LogP contribution in [0.15, 0.2) is 48.5 Å². The van der Waals surface area contributed by atoms with Crippen molar-refractivity contribution in [3.05, 3.63) is 59.1 Å². The summed E-state index contributed by atoms with van der Waals surface area (Å²) in [5.41, 5.74) is 2.06. The van der Waals surface area contributed by atoms with Crippen LogP contribution in [0.1, 0.15) is 18.9 Å². The number of halogens is 1. The maximum atomic E-state index is 12.0. The summed E-state index contributed by atoms with van der Waals surface area (Å²) < 4.78 is 5.40. The zero-order valence-corrected chi connectivity index (χ0v) is 18.3. The van der Waals surface area contributed by atoms with Gasteiger partial charge in [0.2, 0.25) is 0 Å². The Bertz CT molecular complexity index is 775. The fraction of sp³-hybridized carbons (Fsp3) is 0.435. The highest BCUT2D eigenvalue weighted by atomic mass is 35.5. The Morgan fingerprint density at radius 1 is 1.00 bits per heavy atom. The molecule has 0 saturated carbocycles. The number of urea groups is 1. The molecule has 0 atom stereocenters. The molecule has 30 heavy (non-hydrogen) atoms. The number of carbonyl (C=O) groups excluding carboxylic acids is 1. The highest BCUT2D eigenvalue weighted by Gasteiger charge is 2.16. The van der Waals surface area contributed by atoms with Crippen molar-refractivity contribution in [2.75, 3.05) is 51.2 Å². The van der Waals surface area contributed by atoms with Gasteiger partial charge in [-0.3, -0.25) is 4.90 Å². The van der Waals surface area contributed by atoms with E-state index in [4.69, 9.17) is 16.3 Å². The van der Waals surface area contributed by atoms with E-state index in [1.54, 1.807) is 0 Å². The summed E-state index contributed by atoms with van der Waals surface area (Å²) in [4.78, 5) is 17.0. The fourth-order valence-corrected chi connectivity index (χ4v) is 3.63. The Hall–Kier alpha value is -2.28. The van der Waals surface area contributed by atoms with E-state index >= 15 is 0 Å². The van der Waals surface area contributed by atoms with Crippen molar-refractivity contribution in [3.63, 3.8) is 0 Å². The number of amides is 2. The van der Waals surface area contributed by atoms with Crippen LogP contribution in [0.5, 0.6) is 5.75 Å². The average Bonchev–Trinajstić information content (AvgIpc) is 2.76. The van der Waals surface area contributed by atoms with Crippen molar-refractivity contribution >= 4 is 23.3 Å². The largest absolute Gasteiger partial charge is 0.494 e. The molecule has 1 saturated heterocycles. The number of ether oxygens (including phenoxy) is 1. The molecule has 1 fully saturated rings. The van der Waals surface area contributed by atoms with Crippen molar-refractivity contribution in [1.82, 2.24) is 15.1 Å². The number of rotatable bonds is 9. The van der Waals surface area contributed by atoms with E-state index < -0.39 is 0 Å². The number of piperazine rings is 1. The summed E-state index contributed by atoms with van der Waals surface area (Å²) in [5.74, 6) is 0.803. The number of hydrogen-bond acceptors (Lipinski definition) is 4. The molecule has 0 spiro atoms. The molecular weight excluding hydrogens is 400 g/mol. The van der Waals surface area contributed by atoms with Crippen LogP contribution in [0.4, 0.5) is 10.5 Å². The summed E-state index contributed by atoms with van der Waals surface area (Å²) in [5, 5.41) is 6.56. The molecule has 2 aromatic carbocycles. The van der Waals surface area contributed by atoms with E-state index in [1.807, 2.05) is 43.3 Å². The second-order valence-electron chi connectivity index (χ2n) is 7.44. The predicted octanol–water partition coefficient (Wildman–Crippen LogP) is 4.07. The Labute approximate surface area is 184 Å². The van der Waals surface area contributed by atoms with Gasteiger partial charge in [-0.1, -0.05) is 23.7 Å². The van der Waals surface area contributed by atoms with Gasteiger partial charge >= 0.3 is 6.03 Å². The molecule has 3 rings (SSSR count). The van der Waals surface area contributed by atoms with Crippen LogP contribution in [0, 0.1) is 0 Å². The van der Waals surface area contributed by atoms with Crippen molar-refractivity contribution in [2.24, 2.45) is 0 Å². The van der Waals surface area contributed by atoms with Gasteiger partial charge in [-0.25, -0.2) is 4.79 Å². The third-order valence-corrected chi connectivity index (χ3v) is 5.40. The molecule has 0 radical (unpaired) electrons. The van der Waals surface area contributed by atoms with Crippen LogP contribution in [0.3, 0.4) is 0 Å². The van der Waals surface area contributed by atoms with Crippen LogP contribution < -0.4 is 15.4 Å². The molecule has 7 heteroatoms. The fourth-order valence-electron chi connectivity index (χ4n) is 3.50. The zero-order chi connectivity index (χ0) is 21.2. The number of anilines is 1. The van der Waals surface area contributed by atoms with Crippen LogP contribution in [0.2, 0.25) is 5.02 Å². The molecular formula is C23H31ClN4O2. The van der Waals surface area contributed by atoms with Crippen molar-refractivity contribution in [1.29, 1.82) is 0 Å². The van der Waals surface area contributed by atoms with E-state index in [0.717, 1.165) is 62.1 Å². The van der Waals surface area contributed by atoms with Gasteiger partial charge in [-0.05, 0) is 61.9 Å². The van der Waals surface area contributed by atoms with Crippen molar-refractivity contribution in [3.8, 4) is 5.75 Å². The normalized spacial score (nSPS) is 15.0. The number of hydrogen-bond donors (Lipinski definition) is 2. The van der Waals surface area contributed by atoms with E-state index in [1.165, 1.54) is 5.56 Å². The van der Waals surface area contributed by atoms with Crippen molar-refractivity contribution in [2.45, 2.75) is 19.9 Å². The quantitative estimate of drug-likeness (QED) is 0.589. The Kier molecular flexibility index (Phi) is 8.81. The predicted molar refractivity (Wildman–Crippen MR) is 122 cm³/mol. The Balaban J connectivity index is 1.27. The minimum atomic E-state index is -0.174. The first-order valence-corrected chi connectivity index (χ1v) is 11.0. The molecule has 2 amide bonds. The van der Waals surface area contributed by atoms with E-state index in [2.05, 4.69) is 32.6 Å². The summed E-state index contributed by atoms with van der Waals surface area (Å²) in [6.07, 6.45) is 0.938. The monoisotopic (exact) mass is 430 g/mol. The lowest BCUT2D eigenvalue weighted by Crippen LogP contribution is -2.46. The van der Waals surface area contributed by atoms with Gasteiger partial charge < -0.3 is 20.3 Å². The van der Waals surface area contributed by atoms with Gasteiger partial charge in [0, 0.05) is 50.0 Å². The van der Waals surface area contributed by atoms with Crippen molar-refractivity contribution < 1.29 is 9.53 Å². The first-order chi connectivity index (χ1) is 14.6. The highest BCUT2D eigenvalue weighted by Crippen LogP contribution is 2.15. The van der Waals surface area contributed by atoms with Gasteiger partial charge in [0.25, 0.3) is 0 Å². The number of carbonyl (C=O) groups is 1. The Morgan fingerprint density at radius 2 is 1.67 bits per heavy atom. The van der Waals surface area contributed by atoms with Gasteiger partial charge in [0.05, 0.1) is 6.61 Å². The molecule has 0 aliphatic carbocycles. The summed E-state index contributed by atoms with van der Waals surface area (Å²) in [6, 6.07) is 15.3. The van der Waals surface area contributed by atoms with Gasteiger partial charge in [0.1, 0.15) is 5.75 Å². The molecule has 2 N–H and O–H groups in total. The van der Waals surface area contributed by atoms with Crippen LogP contribution >= 0.6 is 11.6 Å². The smallest absolute Gasteiger partial charge is 0.319 e. The number of nitrogens with zero attached hydrogens (tertiary/aromatic N) is 2. The standard InChI is InChI=1S/C23H31ClN4O2/c1-2-30-22-10-8-21(9-11-22)26-23(29)25-12-3-13-27-14-16-28(17-15-27)18-19-4-6-20(24)7-5-19/h4-11H,2-3,12-18H2,1H3,(H2,25,26,29). The molecule has 1 aliphatic rings. The lowest BCUT2D eigenvalue weighted by Gasteiger charge is -2.34. The molecule has 2 aromatic rings. The lowest BCUT2D eigenvalue weighted by molar-refractivity contribution is 0.126. The van der Waals surface area contributed by atoms with Crippen LogP contribution in [-0.4, -0.2) is 61.7 Å². The second-order valence-corrected chi connectivity index (χ2v) is 7.87. The Morgan fingerprint density at radius 3 is 2.33 bits per heavy atom. The van der Waals surface area contributed by atoms with E-state index in [9.17, 15) is 4.79 Å². The topological polar surface area (TPSA) is 56.8 Å². The molecule has 162 valence electrons. The number of nitrogens with one attached hydrogen (secondary N) is 2. The van der Waals surface area contributed by atoms with Gasteiger partial charge in [-0.15, -0.1) is 0 Å². The molecule has 0 bridgehead atoms. The molecule has 0 unspecified atom stereocenters. The molecule has 1 heterocycles. The minimum absolute atomic E-state index is 0.174.